The lowest BCUT2D eigenvalue weighted by Crippen LogP contribution is -2.60. The molecule has 2 N–H and O–H groups in total. The van der Waals surface area contributed by atoms with Crippen molar-refractivity contribution >= 4 is 41.1 Å². The van der Waals surface area contributed by atoms with Gasteiger partial charge in [-0.15, -0.1) is 0 Å². The van der Waals surface area contributed by atoms with Crippen molar-refractivity contribution in [2.45, 2.75) is 26.3 Å². The molecule has 2 saturated heterocycles. The third-order valence-corrected chi connectivity index (χ3v) is 6.15. The zero-order valence-corrected chi connectivity index (χ0v) is 19.7. The van der Waals surface area contributed by atoms with Crippen LogP contribution in [0.1, 0.15) is 18.9 Å². The van der Waals surface area contributed by atoms with Gasteiger partial charge in [-0.2, -0.15) is 0 Å². The molecule has 1 aromatic rings. The number of aryl methyl sites for hydroxylation is 1. The molecule has 1 atom stereocenters. The van der Waals surface area contributed by atoms with Crippen LogP contribution >= 0.6 is 11.6 Å². The SMILES string of the molecule is CCOC(=O)N1CCN(CC(=O)N2CCNC(=O)[C@H]2CC(=O)Nc2ccc(C)c(Cl)c2)CC1. The second kappa shape index (κ2) is 11.3. The van der Waals surface area contributed by atoms with Gasteiger partial charge in [0.25, 0.3) is 0 Å². The number of piperazine rings is 2. The number of halogens is 1. The van der Waals surface area contributed by atoms with Gasteiger partial charge in [0.2, 0.25) is 17.7 Å². The molecule has 1 aromatic carbocycles. The quantitative estimate of drug-likeness (QED) is 0.631. The van der Waals surface area contributed by atoms with Crippen LogP contribution in [-0.4, -0.2) is 97.0 Å². The summed E-state index contributed by atoms with van der Waals surface area (Å²) in [6.45, 7) is 6.74. The summed E-state index contributed by atoms with van der Waals surface area (Å²) in [5, 5.41) is 6.00. The van der Waals surface area contributed by atoms with Crippen molar-refractivity contribution in [3.63, 3.8) is 0 Å². The average molecular weight is 480 g/mol. The summed E-state index contributed by atoms with van der Waals surface area (Å²) in [5.41, 5.74) is 1.42. The van der Waals surface area contributed by atoms with E-state index in [1.807, 2.05) is 11.8 Å². The fraction of sp³-hybridized carbons (Fsp3) is 0.545. The third kappa shape index (κ3) is 6.58. The van der Waals surface area contributed by atoms with Gasteiger partial charge in [0, 0.05) is 50.0 Å². The molecule has 0 aromatic heterocycles. The molecule has 2 heterocycles. The smallest absolute Gasteiger partial charge is 0.409 e. The second-order valence-electron chi connectivity index (χ2n) is 8.07. The average Bonchev–Trinajstić information content (AvgIpc) is 2.78. The van der Waals surface area contributed by atoms with E-state index in [1.165, 1.54) is 4.90 Å². The topological polar surface area (TPSA) is 111 Å². The van der Waals surface area contributed by atoms with E-state index in [9.17, 15) is 19.2 Å². The van der Waals surface area contributed by atoms with Gasteiger partial charge in [-0.3, -0.25) is 19.3 Å². The van der Waals surface area contributed by atoms with Gasteiger partial charge in [-0.1, -0.05) is 17.7 Å². The normalized spacial score (nSPS) is 19.1. The third-order valence-electron chi connectivity index (χ3n) is 5.74. The van der Waals surface area contributed by atoms with E-state index in [2.05, 4.69) is 10.6 Å². The number of nitrogens with zero attached hydrogens (tertiary/aromatic N) is 3. The van der Waals surface area contributed by atoms with Crippen LogP contribution in [-0.2, 0) is 19.1 Å². The van der Waals surface area contributed by atoms with Crippen molar-refractivity contribution in [2.75, 3.05) is 57.7 Å². The van der Waals surface area contributed by atoms with Crippen LogP contribution in [0.4, 0.5) is 10.5 Å². The van der Waals surface area contributed by atoms with E-state index >= 15 is 0 Å². The van der Waals surface area contributed by atoms with Crippen molar-refractivity contribution in [1.82, 2.24) is 20.0 Å². The first-order valence-corrected chi connectivity index (χ1v) is 11.4. The molecule has 33 heavy (non-hydrogen) atoms. The van der Waals surface area contributed by atoms with Gasteiger partial charge in [0.05, 0.1) is 19.6 Å². The fourth-order valence-electron chi connectivity index (χ4n) is 3.86. The highest BCUT2D eigenvalue weighted by Gasteiger charge is 2.35. The Morgan fingerprint density at radius 2 is 1.91 bits per heavy atom. The van der Waals surface area contributed by atoms with Crippen LogP contribution in [0.2, 0.25) is 5.02 Å². The Hall–Kier alpha value is -2.85. The Balaban J connectivity index is 1.56. The molecule has 11 heteroatoms. The molecule has 2 aliphatic heterocycles. The molecular formula is C22H30ClN5O5. The Labute approximate surface area is 198 Å². The van der Waals surface area contributed by atoms with Crippen molar-refractivity contribution in [3.8, 4) is 0 Å². The molecular weight excluding hydrogens is 450 g/mol. The Morgan fingerprint density at radius 1 is 1.18 bits per heavy atom. The van der Waals surface area contributed by atoms with Crippen LogP contribution in [0.15, 0.2) is 18.2 Å². The van der Waals surface area contributed by atoms with Crippen LogP contribution in [0.5, 0.6) is 0 Å². The van der Waals surface area contributed by atoms with E-state index < -0.39 is 6.04 Å². The van der Waals surface area contributed by atoms with Crippen LogP contribution < -0.4 is 10.6 Å². The molecule has 0 bridgehead atoms. The number of amides is 4. The molecule has 0 unspecified atom stereocenters. The molecule has 2 aliphatic rings. The number of rotatable bonds is 6. The van der Waals surface area contributed by atoms with Crippen molar-refractivity contribution < 1.29 is 23.9 Å². The molecule has 180 valence electrons. The molecule has 3 rings (SSSR count). The standard InChI is InChI=1S/C22H30ClN5O5/c1-3-33-22(32)27-10-8-26(9-11-27)14-20(30)28-7-6-24-21(31)18(28)13-19(29)25-16-5-4-15(2)17(23)12-16/h4-5,12,18H,3,6-11,13-14H2,1-2H3,(H,24,31)(H,25,29)/t18-/m1/s1. The predicted molar refractivity (Wildman–Crippen MR) is 123 cm³/mol. The Bertz CT molecular complexity index is 903. The first kappa shape index (κ1) is 24.8. The number of nitrogens with one attached hydrogen (secondary N) is 2. The molecule has 10 nitrogen and oxygen atoms in total. The summed E-state index contributed by atoms with van der Waals surface area (Å²) in [4.78, 5) is 55.0. The maximum Gasteiger partial charge on any atom is 0.409 e. The maximum absolute atomic E-state index is 13.0. The number of ether oxygens (including phenoxy) is 1. The summed E-state index contributed by atoms with van der Waals surface area (Å²) in [7, 11) is 0. The second-order valence-corrected chi connectivity index (χ2v) is 8.48. The number of hydrogen-bond acceptors (Lipinski definition) is 6. The van der Waals surface area contributed by atoms with Crippen LogP contribution in [0, 0.1) is 6.92 Å². The van der Waals surface area contributed by atoms with Gasteiger partial charge in [0.1, 0.15) is 6.04 Å². The molecule has 0 aliphatic carbocycles. The monoisotopic (exact) mass is 479 g/mol. The molecule has 4 amide bonds. The van der Waals surface area contributed by atoms with Crippen molar-refractivity contribution in [3.05, 3.63) is 28.8 Å². The lowest BCUT2D eigenvalue weighted by molar-refractivity contribution is -0.145. The van der Waals surface area contributed by atoms with Gasteiger partial charge < -0.3 is 25.2 Å². The van der Waals surface area contributed by atoms with E-state index in [0.29, 0.717) is 56.6 Å². The summed E-state index contributed by atoms with van der Waals surface area (Å²) in [5.74, 6) is -0.942. The predicted octanol–water partition coefficient (Wildman–Crippen LogP) is 1.08. The number of benzene rings is 1. The van der Waals surface area contributed by atoms with Crippen LogP contribution in [0.25, 0.3) is 0 Å². The van der Waals surface area contributed by atoms with Gasteiger partial charge >= 0.3 is 6.09 Å². The summed E-state index contributed by atoms with van der Waals surface area (Å²) in [6, 6.07) is 4.30. The minimum atomic E-state index is -0.881. The largest absolute Gasteiger partial charge is 0.450 e. The summed E-state index contributed by atoms with van der Waals surface area (Å²) < 4.78 is 5.01. The number of anilines is 1. The lowest BCUT2D eigenvalue weighted by Gasteiger charge is -2.38. The highest BCUT2D eigenvalue weighted by atomic mass is 35.5. The van der Waals surface area contributed by atoms with E-state index in [1.54, 1.807) is 30.0 Å². The summed E-state index contributed by atoms with van der Waals surface area (Å²) in [6.07, 6.45) is -0.503. The zero-order valence-electron chi connectivity index (χ0n) is 18.9. The first-order chi connectivity index (χ1) is 15.8. The molecule has 2 fully saturated rings. The van der Waals surface area contributed by atoms with Gasteiger partial charge in [-0.05, 0) is 31.5 Å². The Morgan fingerprint density at radius 3 is 2.58 bits per heavy atom. The fourth-order valence-corrected chi connectivity index (χ4v) is 4.04. The maximum atomic E-state index is 13.0. The minimum Gasteiger partial charge on any atom is -0.450 e. The summed E-state index contributed by atoms with van der Waals surface area (Å²) >= 11 is 6.11. The van der Waals surface area contributed by atoms with Crippen molar-refractivity contribution in [1.29, 1.82) is 0 Å². The Kier molecular flexibility index (Phi) is 8.51. The van der Waals surface area contributed by atoms with Crippen LogP contribution in [0.3, 0.4) is 0 Å². The highest BCUT2D eigenvalue weighted by Crippen LogP contribution is 2.20. The van der Waals surface area contributed by atoms with Crippen molar-refractivity contribution in [2.24, 2.45) is 0 Å². The minimum absolute atomic E-state index is 0.121. The number of hydrogen-bond donors (Lipinski definition) is 2. The van der Waals surface area contributed by atoms with E-state index in [0.717, 1.165) is 5.56 Å². The molecule has 0 radical (unpaired) electrons. The number of carbonyl (C=O) groups is 4. The van der Waals surface area contributed by atoms with E-state index in [4.69, 9.17) is 16.3 Å². The molecule has 0 spiro atoms. The highest BCUT2D eigenvalue weighted by molar-refractivity contribution is 6.31. The van der Waals surface area contributed by atoms with Gasteiger partial charge in [-0.25, -0.2) is 4.79 Å². The molecule has 0 saturated carbocycles. The zero-order chi connectivity index (χ0) is 24.0. The van der Waals surface area contributed by atoms with Gasteiger partial charge in [0.15, 0.2) is 0 Å². The first-order valence-electron chi connectivity index (χ1n) is 11.1. The lowest BCUT2D eigenvalue weighted by atomic mass is 10.1. The van der Waals surface area contributed by atoms with E-state index in [-0.39, 0.29) is 36.8 Å². The number of carbonyl (C=O) groups excluding carboxylic acids is 4.